The fraction of sp³-hybridized carbons (Fsp3) is 0.286. The van der Waals surface area contributed by atoms with E-state index < -0.39 is 11.9 Å². The summed E-state index contributed by atoms with van der Waals surface area (Å²) in [6, 6.07) is 12.5. The van der Waals surface area contributed by atoms with Crippen molar-refractivity contribution in [2.45, 2.75) is 20.3 Å². The van der Waals surface area contributed by atoms with Gasteiger partial charge in [-0.25, -0.2) is 4.79 Å². The van der Waals surface area contributed by atoms with E-state index in [1.54, 1.807) is 29.2 Å². The van der Waals surface area contributed by atoms with Gasteiger partial charge < -0.3 is 15.0 Å². The summed E-state index contributed by atoms with van der Waals surface area (Å²) in [6.45, 7) is 4.32. The Hall–Kier alpha value is -3.15. The van der Waals surface area contributed by atoms with Gasteiger partial charge in [0.1, 0.15) is 0 Å². The maximum absolute atomic E-state index is 12.7. The summed E-state index contributed by atoms with van der Waals surface area (Å²) in [4.78, 5) is 38.6. The van der Waals surface area contributed by atoms with Crippen molar-refractivity contribution >= 4 is 29.2 Å². The van der Waals surface area contributed by atoms with Gasteiger partial charge in [-0.3, -0.25) is 9.59 Å². The number of amides is 2. The molecule has 1 N–H and O–H groups in total. The van der Waals surface area contributed by atoms with Gasteiger partial charge in [0, 0.05) is 18.7 Å². The van der Waals surface area contributed by atoms with Gasteiger partial charge in [-0.1, -0.05) is 18.2 Å². The van der Waals surface area contributed by atoms with Crippen LogP contribution in [0.5, 0.6) is 0 Å². The number of para-hydroxylation sites is 1. The van der Waals surface area contributed by atoms with Crippen LogP contribution < -0.4 is 10.2 Å². The molecule has 1 atom stereocenters. The summed E-state index contributed by atoms with van der Waals surface area (Å²) < 4.78 is 4.74. The normalized spacial score (nSPS) is 16.3. The number of aryl methyl sites for hydroxylation is 2. The second-order valence-corrected chi connectivity index (χ2v) is 6.70. The predicted molar refractivity (Wildman–Crippen MR) is 103 cm³/mol. The molecule has 27 heavy (non-hydrogen) atoms. The standard InChI is InChI=1S/C21H22N2O4/c1-13-8-9-16(10-14(13)2)23-12-15(11-19(23)24)20(25)22-18-7-5-4-6-17(18)21(26)27-3/h4-10,15H,11-12H2,1-3H3,(H,22,25)/t15-/m1/s1. The molecular formula is C21H22N2O4. The highest BCUT2D eigenvalue weighted by Crippen LogP contribution is 2.28. The van der Waals surface area contributed by atoms with Gasteiger partial charge in [0.05, 0.1) is 24.3 Å². The molecule has 6 nitrogen and oxygen atoms in total. The fourth-order valence-electron chi connectivity index (χ4n) is 3.14. The molecule has 2 aromatic rings. The molecule has 2 amide bonds. The molecule has 0 spiro atoms. The Morgan fingerprint density at radius 2 is 1.85 bits per heavy atom. The van der Waals surface area contributed by atoms with Crippen LogP contribution in [-0.2, 0) is 14.3 Å². The maximum Gasteiger partial charge on any atom is 0.339 e. The summed E-state index contributed by atoms with van der Waals surface area (Å²) in [5, 5.41) is 2.76. The SMILES string of the molecule is COC(=O)c1ccccc1NC(=O)[C@@H]1CC(=O)N(c2ccc(C)c(C)c2)C1. The monoisotopic (exact) mass is 366 g/mol. The van der Waals surface area contributed by atoms with Crippen molar-refractivity contribution in [3.63, 3.8) is 0 Å². The Balaban J connectivity index is 1.75. The second-order valence-electron chi connectivity index (χ2n) is 6.70. The zero-order valence-corrected chi connectivity index (χ0v) is 15.6. The largest absolute Gasteiger partial charge is 0.465 e. The van der Waals surface area contributed by atoms with Crippen LogP contribution in [-0.4, -0.2) is 31.4 Å². The summed E-state index contributed by atoms with van der Waals surface area (Å²) in [5.41, 5.74) is 3.71. The van der Waals surface area contributed by atoms with E-state index in [0.717, 1.165) is 16.8 Å². The number of benzene rings is 2. The summed E-state index contributed by atoms with van der Waals surface area (Å²) in [7, 11) is 1.29. The number of hydrogen-bond acceptors (Lipinski definition) is 4. The van der Waals surface area contributed by atoms with Crippen molar-refractivity contribution < 1.29 is 19.1 Å². The van der Waals surface area contributed by atoms with Crippen LogP contribution in [0.2, 0.25) is 0 Å². The van der Waals surface area contributed by atoms with Gasteiger partial charge in [-0.15, -0.1) is 0 Å². The van der Waals surface area contributed by atoms with Gasteiger partial charge in [-0.05, 0) is 49.2 Å². The third-order valence-electron chi connectivity index (χ3n) is 4.89. The van der Waals surface area contributed by atoms with Crippen LogP contribution in [0.15, 0.2) is 42.5 Å². The van der Waals surface area contributed by atoms with Crippen molar-refractivity contribution in [3.8, 4) is 0 Å². The molecule has 140 valence electrons. The van der Waals surface area contributed by atoms with Gasteiger partial charge in [0.15, 0.2) is 0 Å². The lowest BCUT2D eigenvalue weighted by Crippen LogP contribution is -2.28. The van der Waals surface area contributed by atoms with Crippen molar-refractivity contribution in [3.05, 3.63) is 59.2 Å². The maximum atomic E-state index is 12.7. The Morgan fingerprint density at radius 1 is 1.11 bits per heavy atom. The molecule has 0 unspecified atom stereocenters. The molecule has 0 bridgehead atoms. The van der Waals surface area contributed by atoms with E-state index in [1.807, 2.05) is 32.0 Å². The van der Waals surface area contributed by atoms with Crippen LogP contribution in [0.1, 0.15) is 27.9 Å². The van der Waals surface area contributed by atoms with Crippen molar-refractivity contribution in [1.82, 2.24) is 0 Å². The molecule has 1 aliphatic rings. The molecule has 2 aromatic carbocycles. The van der Waals surface area contributed by atoms with Crippen LogP contribution in [0.25, 0.3) is 0 Å². The average molecular weight is 366 g/mol. The molecule has 1 aliphatic heterocycles. The number of nitrogens with zero attached hydrogens (tertiary/aromatic N) is 1. The quantitative estimate of drug-likeness (QED) is 0.844. The highest BCUT2D eigenvalue weighted by molar-refractivity contribution is 6.06. The Bertz CT molecular complexity index is 907. The van der Waals surface area contributed by atoms with Gasteiger partial charge in [-0.2, -0.15) is 0 Å². The first-order valence-electron chi connectivity index (χ1n) is 8.76. The molecule has 0 radical (unpaired) electrons. The number of hydrogen-bond donors (Lipinski definition) is 1. The van der Waals surface area contributed by atoms with E-state index in [9.17, 15) is 14.4 Å². The minimum atomic E-state index is -0.523. The third kappa shape index (κ3) is 3.84. The lowest BCUT2D eigenvalue weighted by atomic mass is 10.1. The minimum Gasteiger partial charge on any atom is -0.465 e. The van der Waals surface area contributed by atoms with E-state index in [0.29, 0.717) is 12.2 Å². The molecule has 1 saturated heterocycles. The Kier molecular flexibility index (Phi) is 5.26. The number of carbonyl (C=O) groups is 3. The van der Waals surface area contributed by atoms with E-state index in [1.165, 1.54) is 7.11 Å². The van der Waals surface area contributed by atoms with E-state index in [-0.39, 0.29) is 23.8 Å². The van der Waals surface area contributed by atoms with E-state index in [4.69, 9.17) is 4.74 Å². The number of methoxy groups -OCH3 is 1. The molecule has 1 heterocycles. The predicted octanol–water partition coefficient (Wildman–Crippen LogP) is 3.08. The third-order valence-corrected chi connectivity index (χ3v) is 4.89. The highest BCUT2D eigenvalue weighted by Gasteiger charge is 2.35. The fourth-order valence-corrected chi connectivity index (χ4v) is 3.14. The number of carbonyl (C=O) groups excluding carboxylic acids is 3. The molecular weight excluding hydrogens is 344 g/mol. The first kappa shape index (κ1) is 18.6. The zero-order valence-electron chi connectivity index (χ0n) is 15.6. The number of anilines is 2. The van der Waals surface area contributed by atoms with Crippen LogP contribution >= 0.6 is 0 Å². The molecule has 0 aliphatic carbocycles. The molecule has 6 heteroatoms. The Labute approximate surface area is 158 Å². The summed E-state index contributed by atoms with van der Waals surface area (Å²) >= 11 is 0. The lowest BCUT2D eigenvalue weighted by Gasteiger charge is -2.18. The van der Waals surface area contributed by atoms with Gasteiger partial charge in [0.2, 0.25) is 11.8 Å². The molecule has 1 fully saturated rings. The Morgan fingerprint density at radius 3 is 2.56 bits per heavy atom. The first-order valence-corrected chi connectivity index (χ1v) is 8.76. The smallest absolute Gasteiger partial charge is 0.339 e. The van der Waals surface area contributed by atoms with Crippen molar-refractivity contribution in [1.29, 1.82) is 0 Å². The summed E-state index contributed by atoms with van der Waals surface area (Å²) in [5.74, 6) is -1.37. The second kappa shape index (κ2) is 7.61. The topological polar surface area (TPSA) is 75.7 Å². The first-order chi connectivity index (χ1) is 12.9. The van der Waals surface area contributed by atoms with E-state index in [2.05, 4.69) is 5.32 Å². The zero-order chi connectivity index (χ0) is 19.6. The van der Waals surface area contributed by atoms with Crippen LogP contribution in [0.4, 0.5) is 11.4 Å². The minimum absolute atomic E-state index is 0.0837. The number of rotatable bonds is 4. The van der Waals surface area contributed by atoms with E-state index >= 15 is 0 Å². The summed E-state index contributed by atoms with van der Waals surface area (Å²) in [6.07, 6.45) is 0.138. The van der Waals surface area contributed by atoms with Crippen molar-refractivity contribution in [2.75, 3.05) is 23.9 Å². The number of esters is 1. The molecule has 0 aromatic heterocycles. The molecule has 3 rings (SSSR count). The number of ether oxygens (including phenoxy) is 1. The van der Waals surface area contributed by atoms with Gasteiger partial charge >= 0.3 is 5.97 Å². The van der Waals surface area contributed by atoms with Gasteiger partial charge in [0.25, 0.3) is 0 Å². The van der Waals surface area contributed by atoms with Crippen molar-refractivity contribution in [2.24, 2.45) is 5.92 Å². The number of nitrogens with one attached hydrogen (secondary N) is 1. The average Bonchev–Trinajstić information content (AvgIpc) is 3.05. The lowest BCUT2D eigenvalue weighted by molar-refractivity contribution is -0.122. The highest BCUT2D eigenvalue weighted by atomic mass is 16.5. The molecule has 0 saturated carbocycles. The van der Waals surface area contributed by atoms with Crippen LogP contribution in [0.3, 0.4) is 0 Å². The van der Waals surface area contributed by atoms with Crippen LogP contribution in [0, 0.1) is 19.8 Å².